The Kier molecular flexibility index (Phi) is 7.10. The van der Waals surface area contributed by atoms with Gasteiger partial charge in [-0.15, -0.1) is 0 Å². The predicted octanol–water partition coefficient (Wildman–Crippen LogP) is 3.17. The lowest BCUT2D eigenvalue weighted by Gasteiger charge is -2.39. The minimum absolute atomic E-state index is 0.00410. The molecule has 0 bridgehead atoms. The van der Waals surface area contributed by atoms with Gasteiger partial charge in [0.2, 0.25) is 11.8 Å². The maximum atomic E-state index is 13.0. The average molecular weight is 435 g/mol. The van der Waals surface area contributed by atoms with Crippen molar-refractivity contribution in [2.45, 2.75) is 39.2 Å². The van der Waals surface area contributed by atoms with Crippen LogP contribution >= 0.6 is 0 Å². The van der Waals surface area contributed by atoms with Gasteiger partial charge in [-0.05, 0) is 49.4 Å². The van der Waals surface area contributed by atoms with Crippen LogP contribution in [0.2, 0.25) is 0 Å². The number of carbonyl (C=O) groups is 2. The molecule has 4 rings (SSSR count). The number of carbonyl (C=O) groups excluding carboxylic acids is 2. The van der Waals surface area contributed by atoms with E-state index in [1.807, 2.05) is 29.2 Å². The summed E-state index contributed by atoms with van der Waals surface area (Å²) >= 11 is 0. The Balaban J connectivity index is 1.27. The summed E-state index contributed by atoms with van der Waals surface area (Å²) in [5, 5.41) is 3.04. The van der Waals surface area contributed by atoms with E-state index in [1.165, 1.54) is 11.3 Å². The minimum Gasteiger partial charge on any atom is -0.359 e. The van der Waals surface area contributed by atoms with E-state index >= 15 is 0 Å². The number of hydrogen-bond acceptors (Lipinski definition) is 4. The highest BCUT2D eigenvalue weighted by Gasteiger charge is 2.28. The SMILES string of the molecule is CCc1ccccc1NC(=O)CN1CCN(C(=O)CN2c3ccccc3CCC2C)CC1. The lowest BCUT2D eigenvalue weighted by atomic mass is 9.96. The zero-order chi connectivity index (χ0) is 22.5. The molecule has 32 heavy (non-hydrogen) atoms. The van der Waals surface area contributed by atoms with Crippen molar-refractivity contribution >= 4 is 23.2 Å². The molecule has 2 amide bonds. The molecule has 0 saturated carbocycles. The number of anilines is 2. The van der Waals surface area contributed by atoms with E-state index in [-0.39, 0.29) is 11.8 Å². The van der Waals surface area contributed by atoms with Crippen molar-refractivity contribution < 1.29 is 9.59 Å². The van der Waals surface area contributed by atoms with Gasteiger partial charge in [0.05, 0.1) is 13.1 Å². The third-order valence-electron chi connectivity index (χ3n) is 6.73. The molecule has 0 aliphatic carbocycles. The van der Waals surface area contributed by atoms with Crippen LogP contribution in [0.5, 0.6) is 0 Å². The van der Waals surface area contributed by atoms with Gasteiger partial charge in [-0.25, -0.2) is 0 Å². The molecule has 1 atom stereocenters. The second-order valence-electron chi connectivity index (χ2n) is 8.86. The van der Waals surface area contributed by atoms with Gasteiger partial charge < -0.3 is 15.1 Å². The number of piperazine rings is 1. The van der Waals surface area contributed by atoms with Crippen LogP contribution in [0.3, 0.4) is 0 Å². The Morgan fingerprint density at radius 3 is 2.47 bits per heavy atom. The molecule has 2 aromatic carbocycles. The number of nitrogens with one attached hydrogen (secondary N) is 1. The number of aryl methyl sites for hydroxylation is 2. The predicted molar refractivity (Wildman–Crippen MR) is 129 cm³/mol. The Morgan fingerprint density at radius 2 is 1.69 bits per heavy atom. The van der Waals surface area contributed by atoms with Crippen LogP contribution in [0.4, 0.5) is 11.4 Å². The topological polar surface area (TPSA) is 55.9 Å². The minimum atomic E-state index is 0.00410. The van der Waals surface area contributed by atoms with Crippen molar-refractivity contribution in [3.63, 3.8) is 0 Å². The fraction of sp³-hybridized carbons (Fsp3) is 0.462. The molecule has 2 aliphatic rings. The quantitative estimate of drug-likeness (QED) is 0.759. The Morgan fingerprint density at radius 1 is 0.969 bits per heavy atom. The van der Waals surface area contributed by atoms with Gasteiger partial charge in [0.25, 0.3) is 0 Å². The molecular formula is C26H34N4O2. The molecule has 170 valence electrons. The number of amides is 2. The molecule has 1 unspecified atom stereocenters. The van der Waals surface area contributed by atoms with Crippen molar-refractivity contribution in [1.29, 1.82) is 0 Å². The molecule has 2 aliphatic heterocycles. The zero-order valence-corrected chi connectivity index (χ0v) is 19.2. The van der Waals surface area contributed by atoms with Gasteiger partial charge in [-0.1, -0.05) is 43.3 Å². The van der Waals surface area contributed by atoms with E-state index in [9.17, 15) is 9.59 Å². The molecule has 6 nitrogen and oxygen atoms in total. The average Bonchev–Trinajstić information content (AvgIpc) is 2.81. The third kappa shape index (κ3) is 5.13. The van der Waals surface area contributed by atoms with Crippen LogP contribution in [0.15, 0.2) is 48.5 Å². The van der Waals surface area contributed by atoms with Gasteiger partial charge in [0.1, 0.15) is 0 Å². The van der Waals surface area contributed by atoms with Crippen LogP contribution in [0.25, 0.3) is 0 Å². The van der Waals surface area contributed by atoms with E-state index in [0.717, 1.165) is 43.6 Å². The molecule has 1 saturated heterocycles. The lowest BCUT2D eigenvalue weighted by molar-refractivity contribution is -0.131. The van der Waals surface area contributed by atoms with Gasteiger partial charge in [-0.3, -0.25) is 14.5 Å². The Hall–Kier alpha value is -2.86. The van der Waals surface area contributed by atoms with Crippen LogP contribution in [-0.4, -0.2) is 66.9 Å². The summed E-state index contributed by atoms with van der Waals surface area (Å²) in [5.74, 6) is 0.180. The Labute approximate surface area is 191 Å². The molecule has 6 heteroatoms. The number of benzene rings is 2. The molecule has 0 spiro atoms. The van der Waals surface area contributed by atoms with E-state index in [4.69, 9.17) is 0 Å². The summed E-state index contributed by atoms with van der Waals surface area (Å²) in [5.41, 5.74) is 4.57. The standard InChI is InChI=1S/C26H34N4O2/c1-3-21-8-4-6-10-23(21)27-25(31)18-28-14-16-29(17-15-28)26(32)19-30-20(2)12-13-22-9-5-7-11-24(22)30/h4-11,20H,3,12-19H2,1-2H3,(H,27,31). The number of hydrogen-bond donors (Lipinski definition) is 1. The fourth-order valence-corrected chi connectivity index (χ4v) is 4.75. The molecule has 1 fully saturated rings. The highest BCUT2D eigenvalue weighted by Crippen LogP contribution is 2.30. The third-order valence-corrected chi connectivity index (χ3v) is 6.73. The molecule has 1 N–H and O–H groups in total. The monoisotopic (exact) mass is 434 g/mol. The van der Waals surface area contributed by atoms with Crippen LogP contribution < -0.4 is 10.2 Å². The first-order valence-electron chi connectivity index (χ1n) is 11.8. The van der Waals surface area contributed by atoms with E-state index in [1.54, 1.807) is 0 Å². The Bertz CT molecular complexity index is 952. The van der Waals surface area contributed by atoms with Crippen LogP contribution in [-0.2, 0) is 22.4 Å². The summed E-state index contributed by atoms with van der Waals surface area (Å²) in [6.07, 6.45) is 3.04. The number of rotatable bonds is 6. The van der Waals surface area contributed by atoms with Crippen molar-refractivity contribution in [2.75, 3.05) is 49.5 Å². The molecule has 0 radical (unpaired) electrons. The molecule has 2 aromatic rings. The van der Waals surface area contributed by atoms with Crippen LogP contribution in [0.1, 0.15) is 31.4 Å². The molecule has 0 aromatic heterocycles. The zero-order valence-electron chi connectivity index (χ0n) is 19.2. The first-order chi connectivity index (χ1) is 15.5. The lowest BCUT2D eigenvalue weighted by Crippen LogP contribution is -2.53. The summed E-state index contributed by atoms with van der Waals surface area (Å²) in [6.45, 7) is 7.86. The molecule has 2 heterocycles. The van der Waals surface area contributed by atoms with Crippen molar-refractivity contribution in [2.24, 2.45) is 0 Å². The molecular weight excluding hydrogens is 400 g/mol. The van der Waals surface area contributed by atoms with E-state index in [2.05, 4.69) is 53.2 Å². The van der Waals surface area contributed by atoms with Gasteiger partial charge in [0.15, 0.2) is 0 Å². The smallest absolute Gasteiger partial charge is 0.242 e. The summed E-state index contributed by atoms with van der Waals surface area (Å²) in [6, 6.07) is 16.7. The highest BCUT2D eigenvalue weighted by atomic mass is 16.2. The largest absolute Gasteiger partial charge is 0.359 e. The normalized spacial score (nSPS) is 18.9. The second kappa shape index (κ2) is 10.2. The fourth-order valence-electron chi connectivity index (χ4n) is 4.75. The first-order valence-corrected chi connectivity index (χ1v) is 11.8. The van der Waals surface area contributed by atoms with Gasteiger partial charge in [-0.2, -0.15) is 0 Å². The second-order valence-corrected chi connectivity index (χ2v) is 8.86. The van der Waals surface area contributed by atoms with Crippen molar-refractivity contribution in [1.82, 2.24) is 9.80 Å². The number of nitrogens with zero attached hydrogens (tertiary/aromatic N) is 3. The summed E-state index contributed by atoms with van der Waals surface area (Å²) in [7, 11) is 0. The summed E-state index contributed by atoms with van der Waals surface area (Å²) < 4.78 is 0. The number of fused-ring (bicyclic) bond motifs is 1. The maximum absolute atomic E-state index is 13.0. The van der Waals surface area contributed by atoms with Gasteiger partial charge in [0, 0.05) is 43.6 Å². The van der Waals surface area contributed by atoms with Crippen molar-refractivity contribution in [3.8, 4) is 0 Å². The highest BCUT2D eigenvalue weighted by molar-refractivity contribution is 5.93. The number of para-hydroxylation sites is 2. The van der Waals surface area contributed by atoms with E-state index < -0.39 is 0 Å². The summed E-state index contributed by atoms with van der Waals surface area (Å²) in [4.78, 5) is 31.9. The van der Waals surface area contributed by atoms with E-state index in [0.29, 0.717) is 32.2 Å². The van der Waals surface area contributed by atoms with Crippen LogP contribution in [0, 0.1) is 0 Å². The van der Waals surface area contributed by atoms with Gasteiger partial charge >= 0.3 is 0 Å². The first kappa shape index (κ1) is 22.3. The maximum Gasteiger partial charge on any atom is 0.242 e. The van der Waals surface area contributed by atoms with Crippen molar-refractivity contribution in [3.05, 3.63) is 59.7 Å².